The van der Waals surface area contributed by atoms with Crippen LogP contribution in [-0.4, -0.2) is 0 Å². The van der Waals surface area contributed by atoms with Crippen LogP contribution in [0.4, 0.5) is 0 Å². The molecule has 0 N–H and O–H groups in total. The van der Waals surface area contributed by atoms with Crippen LogP contribution in [-0.2, 0) is 0 Å². The molecule has 0 heterocycles. The lowest BCUT2D eigenvalue weighted by Gasteiger charge is -2.08. The molecule has 0 saturated heterocycles. The maximum Gasteiger partial charge on any atom is -0.0262 e. The van der Waals surface area contributed by atoms with Crippen molar-refractivity contribution in [2.24, 2.45) is 11.8 Å². The van der Waals surface area contributed by atoms with Gasteiger partial charge in [-0.1, -0.05) is 78.4 Å². The number of hydrogen-bond acceptors (Lipinski definition) is 0. The summed E-state index contributed by atoms with van der Waals surface area (Å²) in [5.74, 6) is 1.63. The van der Waals surface area contributed by atoms with Gasteiger partial charge >= 0.3 is 0 Å². The summed E-state index contributed by atoms with van der Waals surface area (Å²) < 4.78 is 0. The molecule has 0 aromatic carbocycles. The summed E-state index contributed by atoms with van der Waals surface area (Å²) in [5.41, 5.74) is 0. The van der Waals surface area contributed by atoms with Crippen molar-refractivity contribution in [3.63, 3.8) is 0 Å². The zero-order chi connectivity index (χ0) is 12.9. The Morgan fingerprint density at radius 3 is 2.12 bits per heavy atom. The van der Waals surface area contributed by atoms with Crippen molar-refractivity contribution in [1.29, 1.82) is 0 Å². The molecular formula is C17H34. The van der Waals surface area contributed by atoms with E-state index >= 15 is 0 Å². The average Bonchev–Trinajstić information content (AvgIpc) is 2.30. The molecule has 1 unspecified atom stereocenters. The average molecular weight is 238 g/mol. The van der Waals surface area contributed by atoms with Gasteiger partial charge in [-0.3, -0.25) is 0 Å². The van der Waals surface area contributed by atoms with Gasteiger partial charge in [0.25, 0.3) is 0 Å². The third-order valence-corrected chi connectivity index (χ3v) is 3.39. The lowest BCUT2D eigenvalue weighted by atomic mass is 9.98. The molecule has 102 valence electrons. The summed E-state index contributed by atoms with van der Waals surface area (Å²) in [4.78, 5) is 0. The number of unbranched alkanes of at least 4 members (excludes halogenated alkanes) is 6. The van der Waals surface area contributed by atoms with Crippen molar-refractivity contribution >= 4 is 0 Å². The van der Waals surface area contributed by atoms with Gasteiger partial charge in [-0.2, -0.15) is 0 Å². The minimum Gasteiger partial charge on any atom is -0.0883 e. The Morgan fingerprint density at radius 1 is 0.824 bits per heavy atom. The minimum absolute atomic E-state index is 0.775. The molecule has 0 bridgehead atoms. The lowest BCUT2D eigenvalue weighted by Crippen LogP contribution is -1.94. The van der Waals surface area contributed by atoms with E-state index in [0.717, 1.165) is 11.8 Å². The predicted octanol–water partition coefficient (Wildman–Crippen LogP) is 6.37. The van der Waals surface area contributed by atoms with Crippen molar-refractivity contribution in [3.05, 3.63) is 12.2 Å². The Hall–Kier alpha value is -0.260. The van der Waals surface area contributed by atoms with Crippen molar-refractivity contribution < 1.29 is 0 Å². The largest absolute Gasteiger partial charge is 0.0883 e. The summed E-state index contributed by atoms with van der Waals surface area (Å²) in [6, 6.07) is 0. The van der Waals surface area contributed by atoms with Gasteiger partial charge in [0.1, 0.15) is 0 Å². The molecule has 0 saturated carbocycles. The second-order valence-corrected chi connectivity index (χ2v) is 5.93. The van der Waals surface area contributed by atoms with Gasteiger partial charge in [0, 0.05) is 0 Å². The van der Waals surface area contributed by atoms with Gasteiger partial charge in [-0.25, -0.2) is 0 Å². The Bertz CT molecular complexity index is 167. The molecule has 0 spiro atoms. The number of hydrogen-bond donors (Lipinski definition) is 0. The summed E-state index contributed by atoms with van der Waals surface area (Å²) in [7, 11) is 0. The van der Waals surface area contributed by atoms with E-state index in [-0.39, 0.29) is 0 Å². The zero-order valence-corrected chi connectivity index (χ0v) is 12.7. The van der Waals surface area contributed by atoms with Crippen LogP contribution in [0, 0.1) is 11.8 Å². The highest BCUT2D eigenvalue weighted by Gasteiger charge is 1.99. The molecule has 0 rings (SSSR count). The second kappa shape index (κ2) is 12.2. The first kappa shape index (κ1) is 16.7. The van der Waals surface area contributed by atoms with Crippen LogP contribution < -0.4 is 0 Å². The fourth-order valence-corrected chi connectivity index (χ4v) is 2.06. The molecule has 0 heteroatoms. The third-order valence-electron chi connectivity index (χ3n) is 3.39. The van der Waals surface area contributed by atoms with Crippen molar-refractivity contribution in [3.8, 4) is 0 Å². The van der Waals surface area contributed by atoms with Gasteiger partial charge in [0.05, 0.1) is 0 Å². The van der Waals surface area contributed by atoms with Crippen molar-refractivity contribution in [2.75, 3.05) is 0 Å². The highest BCUT2D eigenvalue weighted by molar-refractivity contribution is 4.86. The van der Waals surface area contributed by atoms with Crippen LogP contribution in [0.15, 0.2) is 12.2 Å². The summed E-state index contributed by atoms with van der Waals surface area (Å²) >= 11 is 0. The highest BCUT2D eigenvalue weighted by atomic mass is 14.0. The SMILES string of the molecule is CCCCCCCC/C=C/C(C)CCC(C)C. The number of rotatable bonds is 11. The summed E-state index contributed by atoms with van der Waals surface area (Å²) in [6.07, 6.45) is 17.3. The number of allylic oxidation sites excluding steroid dienone is 2. The normalized spacial score (nSPS) is 13.7. The molecule has 0 aromatic rings. The molecule has 1 atom stereocenters. The molecule has 0 aliphatic heterocycles. The van der Waals surface area contributed by atoms with Crippen LogP contribution in [0.5, 0.6) is 0 Å². The van der Waals surface area contributed by atoms with Crippen molar-refractivity contribution in [2.45, 2.75) is 85.5 Å². The van der Waals surface area contributed by atoms with Gasteiger partial charge in [-0.05, 0) is 31.1 Å². The first-order chi connectivity index (χ1) is 8.16. The molecule has 0 aliphatic carbocycles. The van der Waals surface area contributed by atoms with Crippen LogP contribution in [0.1, 0.15) is 85.5 Å². The van der Waals surface area contributed by atoms with Crippen LogP contribution >= 0.6 is 0 Å². The predicted molar refractivity (Wildman–Crippen MR) is 80.4 cm³/mol. The molecule has 17 heavy (non-hydrogen) atoms. The van der Waals surface area contributed by atoms with Crippen LogP contribution in [0.2, 0.25) is 0 Å². The van der Waals surface area contributed by atoms with Crippen LogP contribution in [0.3, 0.4) is 0 Å². The first-order valence-electron chi connectivity index (χ1n) is 7.83. The summed E-state index contributed by atoms with van der Waals surface area (Å²) in [5, 5.41) is 0. The van der Waals surface area contributed by atoms with E-state index in [1.54, 1.807) is 0 Å². The Morgan fingerprint density at radius 2 is 1.47 bits per heavy atom. The van der Waals surface area contributed by atoms with Crippen molar-refractivity contribution in [1.82, 2.24) is 0 Å². The molecule has 0 nitrogen and oxygen atoms in total. The molecule has 0 aromatic heterocycles. The third kappa shape index (κ3) is 13.7. The van der Waals surface area contributed by atoms with Gasteiger partial charge < -0.3 is 0 Å². The highest BCUT2D eigenvalue weighted by Crippen LogP contribution is 2.14. The maximum atomic E-state index is 2.43. The quantitative estimate of drug-likeness (QED) is 0.290. The van der Waals surface area contributed by atoms with Gasteiger partial charge in [0.15, 0.2) is 0 Å². The zero-order valence-electron chi connectivity index (χ0n) is 12.7. The summed E-state index contributed by atoms with van der Waals surface area (Å²) in [6.45, 7) is 9.25. The van der Waals surface area contributed by atoms with E-state index in [4.69, 9.17) is 0 Å². The van der Waals surface area contributed by atoms with E-state index in [1.165, 1.54) is 57.8 Å². The minimum atomic E-state index is 0.775. The molecule has 0 radical (unpaired) electrons. The van der Waals surface area contributed by atoms with Gasteiger partial charge in [0.2, 0.25) is 0 Å². The van der Waals surface area contributed by atoms with Crippen LogP contribution in [0.25, 0.3) is 0 Å². The van der Waals surface area contributed by atoms with E-state index in [2.05, 4.69) is 39.8 Å². The molecule has 0 aliphatic rings. The Kier molecular flexibility index (Phi) is 12.0. The van der Waals surface area contributed by atoms with E-state index in [0.29, 0.717) is 0 Å². The standard InChI is InChI=1S/C17H34/c1-5-6-7-8-9-10-11-12-13-17(4)15-14-16(2)3/h12-13,16-17H,5-11,14-15H2,1-4H3/b13-12+. The fourth-order valence-electron chi connectivity index (χ4n) is 2.06. The first-order valence-corrected chi connectivity index (χ1v) is 7.83. The van der Waals surface area contributed by atoms with E-state index in [1.807, 2.05) is 0 Å². The second-order valence-electron chi connectivity index (χ2n) is 5.93. The topological polar surface area (TPSA) is 0 Å². The molecule has 0 amide bonds. The van der Waals surface area contributed by atoms with Gasteiger partial charge in [-0.15, -0.1) is 0 Å². The lowest BCUT2D eigenvalue weighted by molar-refractivity contribution is 0.501. The van der Waals surface area contributed by atoms with E-state index < -0.39 is 0 Å². The molecular weight excluding hydrogens is 204 g/mol. The smallest absolute Gasteiger partial charge is 0.0262 e. The molecule has 0 fully saturated rings. The van der Waals surface area contributed by atoms with E-state index in [9.17, 15) is 0 Å². The Balaban J connectivity index is 3.28. The monoisotopic (exact) mass is 238 g/mol. The maximum absolute atomic E-state index is 2.43. The fraction of sp³-hybridized carbons (Fsp3) is 0.882. The Labute approximate surface area is 110 Å².